The van der Waals surface area contributed by atoms with E-state index < -0.39 is 18.2 Å². The summed E-state index contributed by atoms with van der Waals surface area (Å²) in [5.41, 5.74) is 0. The molecule has 1 fully saturated rings. The lowest BCUT2D eigenvalue weighted by Crippen LogP contribution is -2.63. The SMILES string of the molecule is CCCCCCCCCCCCN1C(SCC(=O)OC)=NC2C1C(=O)NC(=O)N2C. The molecule has 3 amide bonds. The number of thioether (sulfide) groups is 1. The van der Waals surface area contributed by atoms with Crippen LogP contribution in [-0.4, -0.2) is 71.5 Å². The topological polar surface area (TPSA) is 91.3 Å². The van der Waals surface area contributed by atoms with Crippen molar-refractivity contribution in [1.82, 2.24) is 15.1 Å². The van der Waals surface area contributed by atoms with Gasteiger partial charge in [-0.2, -0.15) is 0 Å². The molecule has 2 atom stereocenters. The number of methoxy groups -OCH3 is 1. The maximum absolute atomic E-state index is 12.5. The second-order valence-corrected chi connectivity index (χ2v) is 8.86. The molecule has 2 aliphatic rings. The minimum atomic E-state index is -0.547. The van der Waals surface area contributed by atoms with Gasteiger partial charge < -0.3 is 14.5 Å². The number of amides is 3. The summed E-state index contributed by atoms with van der Waals surface area (Å²) in [4.78, 5) is 44.0. The molecule has 0 aromatic rings. The van der Waals surface area contributed by atoms with Crippen LogP contribution in [0.15, 0.2) is 4.99 Å². The zero-order valence-corrected chi connectivity index (χ0v) is 19.3. The molecular formula is C21H36N4O4S. The van der Waals surface area contributed by atoms with Crippen LogP contribution in [0.1, 0.15) is 71.1 Å². The number of fused-ring (bicyclic) bond motifs is 1. The predicted molar refractivity (Wildman–Crippen MR) is 119 cm³/mol. The third-order valence-corrected chi connectivity index (χ3v) is 6.60. The number of nitrogens with zero attached hydrogens (tertiary/aromatic N) is 3. The lowest BCUT2D eigenvalue weighted by Gasteiger charge is -2.36. The van der Waals surface area contributed by atoms with Crippen molar-refractivity contribution < 1.29 is 19.1 Å². The fourth-order valence-electron chi connectivity index (χ4n) is 3.81. The lowest BCUT2D eigenvalue weighted by molar-refractivity contribution is -0.137. The van der Waals surface area contributed by atoms with Gasteiger partial charge in [0.2, 0.25) is 0 Å². The Bertz CT molecular complexity index is 628. The Hall–Kier alpha value is -1.77. The quantitative estimate of drug-likeness (QED) is 0.349. The smallest absolute Gasteiger partial charge is 0.325 e. The molecule has 0 radical (unpaired) electrons. The van der Waals surface area contributed by atoms with Crippen LogP contribution >= 0.6 is 11.8 Å². The van der Waals surface area contributed by atoms with Crippen molar-refractivity contribution >= 4 is 34.8 Å². The summed E-state index contributed by atoms with van der Waals surface area (Å²) < 4.78 is 4.71. The fraction of sp³-hybridized carbons (Fsp3) is 0.810. The molecule has 0 aromatic heterocycles. The molecule has 0 spiro atoms. The Morgan fingerprint density at radius 3 is 2.27 bits per heavy atom. The fourth-order valence-corrected chi connectivity index (χ4v) is 4.73. The van der Waals surface area contributed by atoms with E-state index in [1.54, 1.807) is 7.05 Å². The molecule has 0 bridgehead atoms. The number of imide groups is 1. The monoisotopic (exact) mass is 440 g/mol. The zero-order valence-electron chi connectivity index (χ0n) is 18.5. The van der Waals surface area contributed by atoms with Crippen LogP contribution in [0.2, 0.25) is 0 Å². The van der Waals surface area contributed by atoms with Crippen LogP contribution in [0, 0.1) is 0 Å². The van der Waals surface area contributed by atoms with Gasteiger partial charge >= 0.3 is 12.0 Å². The number of urea groups is 1. The zero-order chi connectivity index (χ0) is 21.9. The number of rotatable bonds is 13. The van der Waals surface area contributed by atoms with E-state index in [0.717, 1.165) is 12.8 Å². The van der Waals surface area contributed by atoms with E-state index in [1.807, 2.05) is 4.90 Å². The Balaban J connectivity index is 1.82. The number of esters is 1. The van der Waals surface area contributed by atoms with Gasteiger partial charge in [0.25, 0.3) is 5.91 Å². The third-order valence-electron chi connectivity index (χ3n) is 5.62. The molecule has 1 N–H and O–H groups in total. The van der Waals surface area contributed by atoms with Crippen molar-refractivity contribution in [1.29, 1.82) is 0 Å². The molecule has 2 unspecified atom stereocenters. The average molecular weight is 441 g/mol. The number of hydrogen-bond donors (Lipinski definition) is 1. The summed E-state index contributed by atoms with van der Waals surface area (Å²) in [6.45, 7) is 2.92. The van der Waals surface area contributed by atoms with Crippen LogP contribution in [0.5, 0.6) is 0 Å². The van der Waals surface area contributed by atoms with Gasteiger partial charge in [-0.1, -0.05) is 76.5 Å². The number of carbonyl (C=O) groups excluding carboxylic acids is 3. The van der Waals surface area contributed by atoms with Crippen LogP contribution in [-0.2, 0) is 14.3 Å². The third kappa shape index (κ3) is 6.89. The normalized spacial score (nSPS) is 20.8. The first-order chi connectivity index (χ1) is 14.5. The summed E-state index contributed by atoms with van der Waals surface area (Å²) in [5.74, 6) is -0.541. The molecule has 1 saturated heterocycles. The first-order valence-corrected chi connectivity index (χ1v) is 12.1. The molecule has 30 heavy (non-hydrogen) atoms. The molecule has 2 heterocycles. The first-order valence-electron chi connectivity index (χ1n) is 11.1. The van der Waals surface area contributed by atoms with Gasteiger partial charge in [-0.25, -0.2) is 9.79 Å². The van der Waals surface area contributed by atoms with Crippen LogP contribution in [0.25, 0.3) is 0 Å². The second-order valence-electron chi connectivity index (χ2n) is 7.92. The molecule has 0 saturated carbocycles. The second kappa shape index (κ2) is 12.8. The Kier molecular flexibility index (Phi) is 10.5. The lowest BCUT2D eigenvalue weighted by atomic mass is 10.1. The predicted octanol–water partition coefficient (Wildman–Crippen LogP) is 3.36. The molecule has 8 nitrogen and oxygen atoms in total. The number of unbranched alkanes of at least 4 members (excludes halogenated alkanes) is 9. The number of carbonyl (C=O) groups is 3. The highest BCUT2D eigenvalue weighted by molar-refractivity contribution is 8.14. The van der Waals surface area contributed by atoms with Gasteiger partial charge in [0.15, 0.2) is 17.4 Å². The molecule has 0 aliphatic carbocycles. The largest absolute Gasteiger partial charge is 0.468 e. The van der Waals surface area contributed by atoms with Gasteiger partial charge in [0.1, 0.15) is 0 Å². The first kappa shape index (κ1) is 24.5. The van der Waals surface area contributed by atoms with Gasteiger partial charge in [-0.3, -0.25) is 14.9 Å². The summed E-state index contributed by atoms with van der Waals surface area (Å²) in [5, 5.41) is 3.03. The van der Waals surface area contributed by atoms with Gasteiger partial charge in [0.05, 0.1) is 12.9 Å². The van der Waals surface area contributed by atoms with E-state index in [-0.39, 0.29) is 17.6 Å². The number of nitrogens with one attached hydrogen (secondary N) is 1. The standard InChI is InChI=1S/C21H36N4O4S/c1-4-5-6-7-8-9-10-11-12-13-14-25-17-18(24(2)20(28)23-19(17)27)22-21(25)30-15-16(26)29-3/h17-18H,4-15H2,1-3H3,(H,23,27,28). The number of ether oxygens (including phenoxy) is 1. The minimum absolute atomic E-state index is 0.128. The average Bonchev–Trinajstić information content (AvgIpc) is 3.10. The van der Waals surface area contributed by atoms with Crippen molar-refractivity contribution in [3.63, 3.8) is 0 Å². The molecule has 9 heteroatoms. The molecule has 170 valence electrons. The van der Waals surface area contributed by atoms with E-state index >= 15 is 0 Å². The Morgan fingerprint density at radius 2 is 1.67 bits per heavy atom. The molecular weight excluding hydrogens is 404 g/mol. The van der Waals surface area contributed by atoms with E-state index in [4.69, 9.17) is 4.74 Å². The summed E-state index contributed by atoms with van der Waals surface area (Å²) in [7, 11) is 2.98. The van der Waals surface area contributed by atoms with Crippen molar-refractivity contribution in [2.45, 2.75) is 83.3 Å². The maximum Gasteiger partial charge on any atom is 0.325 e. The highest BCUT2D eigenvalue weighted by atomic mass is 32.2. The van der Waals surface area contributed by atoms with E-state index in [1.165, 1.54) is 75.1 Å². The Morgan fingerprint density at radius 1 is 1.07 bits per heavy atom. The van der Waals surface area contributed by atoms with Crippen LogP contribution in [0.3, 0.4) is 0 Å². The summed E-state index contributed by atoms with van der Waals surface area (Å²) in [6, 6.07) is -0.977. The van der Waals surface area contributed by atoms with Gasteiger partial charge in [-0.05, 0) is 6.42 Å². The molecule has 0 aromatic carbocycles. The Labute approximate surface area is 184 Å². The van der Waals surface area contributed by atoms with Crippen molar-refractivity contribution in [3.8, 4) is 0 Å². The van der Waals surface area contributed by atoms with E-state index in [9.17, 15) is 14.4 Å². The van der Waals surface area contributed by atoms with E-state index in [0.29, 0.717) is 11.7 Å². The van der Waals surface area contributed by atoms with Crippen molar-refractivity contribution in [2.75, 3.05) is 26.5 Å². The van der Waals surface area contributed by atoms with Crippen molar-refractivity contribution in [2.24, 2.45) is 4.99 Å². The van der Waals surface area contributed by atoms with Gasteiger partial charge in [0, 0.05) is 13.6 Å². The van der Waals surface area contributed by atoms with Crippen molar-refractivity contribution in [3.05, 3.63) is 0 Å². The number of hydrogen-bond acceptors (Lipinski definition) is 7. The summed E-state index contributed by atoms with van der Waals surface area (Å²) in [6.07, 6.45) is 11.8. The van der Waals surface area contributed by atoms with Crippen LogP contribution in [0.4, 0.5) is 4.79 Å². The molecule has 2 aliphatic heterocycles. The molecule has 2 rings (SSSR count). The van der Waals surface area contributed by atoms with E-state index in [2.05, 4.69) is 17.2 Å². The summed E-state index contributed by atoms with van der Waals surface area (Å²) >= 11 is 1.26. The number of likely N-dealkylation sites (N-methyl/N-ethyl adjacent to an activating group) is 1. The highest BCUT2D eigenvalue weighted by Gasteiger charge is 2.48. The number of amidine groups is 1. The minimum Gasteiger partial charge on any atom is -0.468 e. The van der Waals surface area contributed by atoms with Gasteiger partial charge in [-0.15, -0.1) is 0 Å². The number of aliphatic imine (C=N–C) groups is 1. The van der Waals surface area contributed by atoms with Crippen LogP contribution < -0.4 is 5.32 Å². The maximum atomic E-state index is 12.5. The highest BCUT2D eigenvalue weighted by Crippen LogP contribution is 2.29.